The average Bonchev–Trinajstić information content (AvgIpc) is 2.51. The first-order valence-electron chi connectivity index (χ1n) is 7.15. The van der Waals surface area contributed by atoms with Crippen LogP contribution in [-0.4, -0.2) is 36.1 Å². The zero-order valence-corrected chi connectivity index (χ0v) is 13.2. The molecule has 130 valence electrons. The highest BCUT2D eigenvalue weighted by Gasteiger charge is 2.38. The van der Waals surface area contributed by atoms with E-state index in [4.69, 9.17) is 0 Å². The van der Waals surface area contributed by atoms with Gasteiger partial charge in [0.2, 0.25) is 0 Å². The van der Waals surface area contributed by atoms with Crippen LogP contribution >= 0.6 is 0 Å². The molecule has 0 saturated carbocycles. The average molecular weight is 345 g/mol. The minimum Gasteiger partial charge on any atom is -0.462 e. The molecule has 9 heteroatoms. The van der Waals surface area contributed by atoms with E-state index in [2.05, 4.69) is 14.7 Å². The third-order valence-corrected chi connectivity index (χ3v) is 3.34. The monoisotopic (exact) mass is 345 g/mol. The van der Waals surface area contributed by atoms with E-state index in [1.807, 2.05) is 0 Å². The number of pyridine rings is 2. The van der Waals surface area contributed by atoms with Gasteiger partial charge in [0.1, 0.15) is 0 Å². The van der Waals surface area contributed by atoms with Crippen molar-refractivity contribution in [2.45, 2.75) is 20.0 Å². The summed E-state index contributed by atoms with van der Waals surface area (Å²) in [6, 6.07) is 1.90. The number of carbonyl (C=O) groups excluding carboxylic acids is 1. The summed E-state index contributed by atoms with van der Waals surface area (Å²) < 4.78 is 58.3. The summed E-state index contributed by atoms with van der Waals surface area (Å²) in [5, 5.41) is -0.0168. The number of nitrogens with zero attached hydrogens (tertiary/aromatic N) is 3. The summed E-state index contributed by atoms with van der Waals surface area (Å²) in [4.78, 5) is 20.5. The number of hydrogen-bond donors (Lipinski definition) is 0. The quantitative estimate of drug-likeness (QED) is 0.628. The van der Waals surface area contributed by atoms with Gasteiger partial charge in [-0.2, -0.15) is 13.2 Å². The van der Waals surface area contributed by atoms with Crippen LogP contribution < -0.4 is 4.90 Å². The third-order valence-electron chi connectivity index (χ3n) is 3.34. The molecule has 0 aliphatic heterocycles. The van der Waals surface area contributed by atoms with E-state index in [1.54, 1.807) is 14.0 Å². The van der Waals surface area contributed by atoms with Crippen molar-refractivity contribution in [3.8, 4) is 0 Å². The number of ether oxygens (including phenoxy) is 1. The van der Waals surface area contributed by atoms with Gasteiger partial charge in [0.15, 0.2) is 23.0 Å². The number of hydrogen-bond acceptors (Lipinski definition) is 5. The van der Waals surface area contributed by atoms with E-state index >= 15 is 0 Å². The summed E-state index contributed by atoms with van der Waals surface area (Å²) in [5.74, 6) is -2.01. The molecule has 0 amide bonds. The molecule has 0 unspecified atom stereocenters. The van der Waals surface area contributed by atoms with Gasteiger partial charge in [0, 0.05) is 19.0 Å². The molecule has 0 aliphatic carbocycles. The van der Waals surface area contributed by atoms with Gasteiger partial charge < -0.3 is 9.64 Å². The normalized spacial score (nSPS) is 11.6. The smallest absolute Gasteiger partial charge is 0.434 e. The van der Waals surface area contributed by atoms with Crippen molar-refractivity contribution in [3.63, 3.8) is 0 Å². The van der Waals surface area contributed by atoms with E-state index in [0.29, 0.717) is 6.54 Å². The van der Waals surface area contributed by atoms with E-state index in [9.17, 15) is 22.4 Å². The van der Waals surface area contributed by atoms with Crippen LogP contribution in [0.3, 0.4) is 0 Å². The zero-order chi connectivity index (χ0) is 18.1. The highest BCUT2D eigenvalue weighted by molar-refractivity contribution is 5.95. The third kappa shape index (κ3) is 3.39. The molecule has 24 heavy (non-hydrogen) atoms. The van der Waals surface area contributed by atoms with Crippen LogP contribution in [0, 0.1) is 5.82 Å². The maximum absolute atomic E-state index is 14.1. The predicted octanol–water partition coefficient (Wildman–Crippen LogP) is 3.42. The Labute approximate surface area is 135 Å². The standard InChI is InChI=1S/C15H15F4N3O2/c1-4-22(3)13-10(16)7-8-6-9(14(23)24-5-2)11(15(17,18)19)20-12(8)21-13/h6-7H,4-5H2,1-3H3. The van der Waals surface area contributed by atoms with Gasteiger partial charge in [-0.05, 0) is 26.0 Å². The molecule has 2 heterocycles. The molecule has 2 aromatic heterocycles. The van der Waals surface area contributed by atoms with Crippen molar-refractivity contribution in [2.24, 2.45) is 0 Å². The maximum atomic E-state index is 14.1. The van der Waals surface area contributed by atoms with Crippen LogP contribution in [0.2, 0.25) is 0 Å². The number of fused-ring (bicyclic) bond motifs is 1. The van der Waals surface area contributed by atoms with E-state index in [-0.39, 0.29) is 23.5 Å². The molecule has 0 saturated heterocycles. The molecule has 5 nitrogen and oxygen atoms in total. The number of halogens is 4. The first-order chi connectivity index (χ1) is 11.2. The van der Waals surface area contributed by atoms with E-state index < -0.39 is 29.2 Å². The van der Waals surface area contributed by atoms with Crippen molar-refractivity contribution in [1.29, 1.82) is 0 Å². The van der Waals surface area contributed by atoms with Crippen LogP contribution in [0.25, 0.3) is 11.0 Å². The first-order valence-corrected chi connectivity index (χ1v) is 7.15. The predicted molar refractivity (Wildman–Crippen MR) is 79.4 cm³/mol. The van der Waals surface area contributed by atoms with Crippen LogP contribution in [0.1, 0.15) is 29.9 Å². The molecule has 0 fully saturated rings. The molecule has 0 atom stereocenters. The Morgan fingerprint density at radius 3 is 2.46 bits per heavy atom. The van der Waals surface area contributed by atoms with Gasteiger partial charge in [-0.25, -0.2) is 19.2 Å². The molecule has 2 rings (SSSR count). The molecule has 0 aromatic carbocycles. The van der Waals surface area contributed by atoms with Crippen molar-refractivity contribution < 1.29 is 27.1 Å². The fourth-order valence-corrected chi connectivity index (χ4v) is 2.07. The summed E-state index contributed by atoms with van der Waals surface area (Å²) in [5.41, 5.74) is -2.47. The molecule has 0 N–H and O–H groups in total. The lowest BCUT2D eigenvalue weighted by molar-refractivity contribution is -0.141. The lowest BCUT2D eigenvalue weighted by Crippen LogP contribution is -2.20. The molecular formula is C15H15F4N3O2. The molecule has 0 aliphatic rings. The van der Waals surface area contributed by atoms with Crippen molar-refractivity contribution in [2.75, 3.05) is 25.1 Å². The SMILES string of the molecule is CCOC(=O)c1cc2cc(F)c(N(C)CC)nc2nc1C(F)(F)F. The van der Waals surface area contributed by atoms with E-state index in [0.717, 1.165) is 12.1 Å². The number of rotatable bonds is 4. The second-order valence-corrected chi connectivity index (χ2v) is 4.96. The van der Waals surface area contributed by atoms with Gasteiger partial charge in [0.25, 0.3) is 0 Å². The largest absolute Gasteiger partial charge is 0.462 e. The number of esters is 1. The maximum Gasteiger partial charge on any atom is 0.434 e. The Morgan fingerprint density at radius 2 is 1.92 bits per heavy atom. The minimum absolute atomic E-state index is 0.0168. The summed E-state index contributed by atoms with van der Waals surface area (Å²) >= 11 is 0. The lowest BCUT2D eigenvalue weighted by Gasteiger charge is -2.17. The second kappa shape index (κ2) is 6.58. The Kier molecular flexibility index (Phi) is 4.91. The topological polar surface area (TPSA) is 55.3 Å². The molecule has 0 bridgehead atoms. The lowest BCUT2D eigenvalue weighted by atomic mass is 10.1. The van der Waals surface area contributed by atoms with E-state index in [1.165, 1.54) is 11.8 Å². The minimum atomic E-state index is -4.87. The van der Waals surface area contributed by atoms with Gasteiger partial charge in [0.05, 0.1) is 12.2 Å². The van der Waals surface area contributed by atoms with Gasteiger partial charge in [-0.1, -0.05) is 0 Å². The highest BCUT2D eigenvalue weighted by Crippen LogP contribution is 2.33. The summed E-state index contributed by atoms with van der Waals surface area (Å²) in [7, 11) is 1.55. The Morgan fingerprint density at radius 1 is 1.25 bits per heavy atom. The molecular weight excluding hydrogens is 330 g/mol. The fraction of sp³-hybridized carbons (Fsp3) is 0.400. The summed E-state index contributed by atoms with van der Waals surface area (Å²) in [6.45, 7) is 3.51. The highest BCUT2D eigenvalue weighted by atomic mass is 19.4. The van der Waals surface area contributed by atoms with Gasteiger partial charge in [-0.3, -0.25) is 0 Å². The Balaban J connectivity index is 2.73. The Bertz CT molecular complexity index is 777. The van der Waals surface area contributed by atoms with Crippen LogP contribution in [0.15, 0.2) is 12.1 Å². The fourth-order valence-electron chi connectivity index (χ4n) is 2.07. The molecule has 0 spiro atoms. The van der Waals surface area contributed by atoms with Crippen molar-refractivity contribution in [1.82, 2.24) is 9.97 Å². The van der Waals surface area contributed by atoms with Crippen molar-refractivity contribution in [3.05, 3.63) is 29.2 Å². The van der Waals surface area contributed by atoms with Crippen LogP contribution in [0.4, 0.5) is 23.4 Å². The molecule has 0 radical (unpaired) electrons. The van der Waals surface area contributed by atoms with Gasteiger partial charge in [-0.15, -0.1) is 0 Å². The van der Waals surface area contributed by atoms with Crippen LogP contribution in [0.5, 0.6) is 0 Å². The summed E-state index contributed by atoms with van der Waals surface area (Å²) in [6.07, 6.45) is -4.87. The van der Waals surface area contributed by atoms with Crippen molar-refractivity contribution >= 4 is 22.8 Å². The zero-order valence-electron chi connectivity index (χ0n) is 13.2. The van der Waals surface area contributed by atoms with Crippen LogP contribution in [-0.2, 0) is 10.9 Å². The Hall–Kier alpha value is -2.45. The number of aromatic nitrogens is 2. The van der Waals surface area contributed by atoms with Gasteiger partial charge >= 0.3 is 12.1 Å². The number of carbonyl (C=O) groups is 1. The number of alkyl halides is 3. The number of anilines is 1. The first kappa shape index (κ1) is 17.9. The molecule has 2 aromatic rings. The second-order valence-electron chi connectivity index (χ2n) is 4.96.